The molecule has 0 spiro atoms. The van der Waals surface area contributed by atoms with E-state index in [9.17, 15) is 0 Å². The summed E-state index contributed by atoms with van der Waals surface area (Å²) < 4.78 is 6.80. The first-order valence-corrected chi connectivity index (χ1v) is 13.6. The van der Waals surface area contributed by atoms with Gasteiger partial charge in [0.25, 0.3) is 0 Å². The van der Waals surface area contributed by atoms with Crippen LogP contribution in [0.1, 0.15) is 67.3 Å². The van der Waals surface area contributed by atoms with E-state index in [0.29, 0.717) is 6.61 Å². The van der Waals surface area contributed by atoms with Gasteiger partial charge < -0.3 is 4.74 Å². The predicted molar refractivity (Wildman–Crippen MR) is 159 cm³/mol. The first kappa shape index (κ1) is 22.1. The van der Waals surface area contributed by atoms with Crippen LogP contribution in [0.2, 0.25) is 0 Å². The van der Waals surface area contributed by atoms with Crippen molar-refractivity contribution in [3.63, 3.8) is 0 Å². The monoisotopic (exact) mass is 490 g/mol. The average Bonchev–Trinajstić information content (AvgIpc) is 3.33. The Hall–Kier alpha value is -3.94. The molecule has 2 unspecified atom stereocenters. The molecule has 4 aromatic carbocycles. The van der Waals surface area contributed by atoms with Gasteiger partial charge in [-0.1, -0.05) is 80.9 Å². The van der Waals surface area contributed by atoms with Crippen molar-refractivity contribution in [2.75, 3.05) is 6.61 Å². The molecule has 1 nitrogen and oxygen atoms in total. The molecule has 184 valence electrons. The maximum Gasteiger partial charge on any atom is 0.0968 e. The standard InChI is InChI=1S/C37H30O/c1-19-20(2)31-22(4)24(6)33-28-18-37(25-12-8-7-9-13-25)29-15-11-10-14-27(29)36(37)38-17-16-26(28)32-23(5)21(3)30(19)34(32)35(31)33/h7-15,36H,3-6,16-18H2,1-2H3. The lowest BCUT2D eigenvalue weighted by molar-refractivity contribution is -0.0189. The molecule has 0 bridgehead atoms. The summed E-state index contributed by atoms with van der Waals surface area (Å²) in [4.78, 5) is 0. The summed E-state index contributed by atoms with van der Waals surface area (Å²) in [5.41, 5.74) is 18.4. The van der Waals surface area contributed by atoms with Gasteiger partial charge in [0.15, 0.2) is 0 Å². The van der Waals surface area contributed by atoms with Gasteiger partial charge >= 0.3 is 0 Å². The fourth-order valence-corrected chi connectivity index (χ4v) is 8.18. The molecular weight excluding hydrogens is 460 g/mol. The Morgan fingerprint density at radius 2 is 1.24 bits per heavy atom. The molecular formula is C37H30O. The van der Waals surface area contributed by atoms with Crippen LogP contribution in [0.3, 0.4) is 0 Å². The van der Waals surface area contributed by atoms with Gasteiger partial charge in [0.1, 0.15) is 0 Å². The Balaban J connectivity index is 1.53. The number of allylic oxidation sites excluding steroid dienone is 4. The molecule has 0 saturated heterocycles. The number of benzene rings is 4. The smallest absolute Gasteiger partial charge is 0.0968 e. The van der Waals surface area contributed by atoms with E-state index >= 15 is 0 Å². The molecule has 0 aromatic heterocycles. The summed E-state index contributed by atoms with van der Waals surface area (Å²) >= 11 is 0. The second-order valence-electron chi connectivity index (χ2n) is 11.5. The van der Waals surface area contributed by atoms with Gasteiger partial charge in [0.05, 0.1) is 18.1 Å². The Kier molecular flexibility index (Phi) is 4.14. The van der Waals surface area contributed by atoms with Gasteiger partial charge in [-0.05, 0) is 121 Å². The van der Waals surface area contributed by atoms with E-state index in [-0.39, 0.29) is 11.5 Å². The van der Waals surface area contributed by atoms with Crippen molar-refractivity contribution in [1.29, 1.82) is 0 Å². The van der Waals surface area contributed by atoms with Crippen molar-refractivity contribution < 1.29 is 4.74 Å². The summed E-state index contributed by atoms with van der Waals surface area (Å²) in [5, 5.41) is 2.63. The van der Waals surface area contributed by atoms with E-state index in [4.69, 9.17) is 4.74 Å². The van der Waals surface area contributed by atoms with Gasteiger partial charge in [-0.15, -0.1) is 0 Å². The van der Waals surface area contributed by atoms with Gasteiger partial charge in [0.2, 0.25) is 0 Å². The molecule has 0 saturated carbocycles. The van der Waals surface area contributed by atoms with Crippen LogP contribution in [0, 0.1) is 13.8 Å². The van der Waals surface area contributed by atoms with Crippen LogP contribution in [0.4, 0.5) is 0 Å². The maximum absolute atomic E-state index is 6.80. The quantitative estimate of drug-likeness (QED) is 0.259. The Labute approximate surface area is 224 Å². The van der Waals surface area contributed by atoms with Gasteiger partial charge in [-0.25, -0.2) is 0 Å². The summed E-state index contributed by atoms with van der Waals surface area (Å²) in [6, 6.07) is 19.8. The van der Waals surface area contributed by atoms with E-state index in [2.05, 4.69) is 94.8 Å². The molecule has 4 aliphatic rings. The highest BCUT2D eigenvalue weighted by molar-refractivity contribution is 6.31. The fraction of sp³-hybridized carbons (Fsp3) is 0.189. The van der Waals surface area contributed by atoms with E-state index in [1.807, 2.05) is 0 Å². The van der Waals surface area contributed by atoms with Gasteiger partial charge in [-0.2, -0.15) is 0 Å². The first-order chi connectivity index (χ1) is 18.4. The topological polar surface area (TPSA) is 9.23 Å². The van der Waals surface area contributed by atoms with Crippen LogP contribution < -0.4 is 0 Å². The molecule has 0 fully saturated rings. The molecule has 4 aromatic rings. The van der Waals surface area contributed by atoms with Crippen LogP contribution in [0.5, 0.6) is 0 Å². The largest absolute Gasteiger partial charge is 0.372 e. The minimum Gasteiger partial charge on any atom is -0.372 e. The highest BCUT2D eigenvalue weighted by Gasteiger charge is 2.55. The first-order valence-electron chi connectivity index (χ1n) is 13.6. The van der Waals surface area contributed by atoms with Crippen molar-refractivity contribution in [1.82, 2.24) is 0 Å². The van der Waals surface area contributed by atoms with E-state index in [1.165, 1.54) is 72.0 Å². The zero-order valence-corrected chi connectivity index (χ0v) is 22.1. The molecule has 0 amide bonds. The third-order valence-corrected chi connectivity index (χ3v) is 10.0. The molecule has 2 atom stereocenters. The van der Waals surface area contributed by atoms with E-state index in [0.717, 1.165) is 35.1 Å². The van der Waals surface area contributed by atoms with Crippen molar-refractivity contribution >= 4 is 33.1 Å². The van der Waals surface area contributed by atoms with Crippen molar-refractivity contribution in [2.45, 2.75) is 38.2 Å². The Morgan fingerprint density at radius 3 is 1.89 bits per heavy atom. The zero-order valence-electron chi connectivity index (χ0n) is 22.1. The number of rotatable bonds is 1. The molecule has 0 radical (unpaired) electrons. The van der Waals surface area contributed by atoms with E-state index < -0.39 is 0 Å². The molecule has 1 aliphatic heterocycles. The lowest BCUT2D eigenvalue weighted by Crippen LogP contribution is -2.49. The number of hydrogen-bond acceptors (Lipinski definition) is 1. The minimum atomic E-state index is -0.256. The number of fused-ring (bicyclic) bond motifs is 7. The van der Waals surface area contributed by atoms with Crippen LogP contribution in [0.15, 0.2) is 80.9 Å². The lowest BCUT2D eigenvalue weighted by atomic mass is 9.54. The molecule has 8 rings (SSSR count). The SMILES string of the molecule is C=C1C(=C)c2c3c(c4c5c(c(C)c(C)c1c25)C(=C)C4=C)CC1(c2ccccc2)c2ccccc2C1OCC3. The Morgan fingerprint density at radius 1 is 0.684 bits per heavy atom. The molecule has 1 heterocycles. The predicted octanol–water partition coefficient (Wildman–Crippen LogP) is 8.69. The third-order valence-electron chi connectivity index (χ3n) is 10.0. The minimum absolute atomic E-state index is 0.0246. The highest BCUT2D eigenvalue weighted by atomic mass is 16.5. The third kappa shape index (κ3) is 2.30. The van der Waals surface area contributed by atoms with Crippen molar-refractivity contribution in [2.24, 2.45) is 0 Å². The normalized spacial score (nSPS) is 22.6. The summed E-state index contributed by atoms with van der Waals surface area (Å²) in [6.07, 6.45) is 1.74. The summed E-state index contributed by atoms with van der Waals surface area (Å²) in [7, 11) is 0. The summed E-state index contributed by atoms with van der Waals surface area (Å²) in [6.45, 7) is 23.5. The van der Waals surface area contributed by atoms with Gasteiger partial charge in [-0.3, -0.25) is 0 Å². The average molecular weight is 491 g/mol. The van der Waals surface area contributed by atoms with Crippen molar-refractivity contribution in [3.8, 4) is 0 Å². The zero-order chi connectivity index (χ0) is 26.1. The second kappa shape index (κ2) is 7.12. The Bertz CT molecular complexity index is 1850. The van der Waals surface area contributed by atoms with Crippen molar-refractivity contribution in [3.05, 3.63) is 142 Å². The van der Waals surface area contributed by atoms with Crippen LogP contribution >= 0.6 is 0 Å². The van der Waals surface area contributed by atoms with Crippen LogP contribution in [0.25, 0.3) is 33.1 Å². The van der Waals surface area contributed by atoms with E-state index in [1.54, 1.807) is 0 Å². The number of ether oxygens (including phenoxy) is 1. The van der Waals surface area contributed by atoms with Crippen LogP contribution in [-0.4, -0.2) is 6.61 Å². The molecule has 38 heavy (non-hydrogen) atoms. The molecule has 0 N–H and O–H groups in total. The lowest BCUT2D eigenvalue weighted by Gasteiger charge is -2.53. The second-order valence-corrected chi connectivity index (χ2v) is 11.5. The fourth-order valence-electron chi connectivity index (χ4n) is 8.18. The van der Waals surface area contributed by atoms with Crippen LogP contribution in [-0.2, 0) is 23.0 Å². The maximum atomic E-state index is 6.80. The number of hydrogen-bond donors (Lipinski definition) is 0. The molecule has 3 aliphatic carbocycles. The highest BCUT2D eigenvalue weighted by Crippen LogP contribution is 2.62. The van der Waals surface area contributed by atoms with Gasteiger partial charge in [0, 0.05) is 0 Å². The molecule has 1 heteroatoms. The summed E-state index contributed by atoms with van der Waals surface area (Å²) in [5.74, 6) is 0.